The van der Waals surface area contributed by atoms with Crippen molar-refractivity contribution in [3.8, 4) is 0 Å². The van der Waals surface area contributed by atoms with Crippen molar-refractivity contribution in [2.45, 2.75) is 52.2 Å². The van der Waals surface area contributed by atoms with Gasteiger partial charge in [0.2, 0.25) is 0 Å². The molecule has 0 spiro atoms. The van der Waals surface area contributed by atoms with Crippen LogP contribution in [0.25, 0.3) is 0 Å². The summed E-state index contributed by atoms with van der Waals surface area (Å²) in [6.45, 7) is 9.27. The molecule has 4 nitrogen and oxygen atoms in total. The maximum Gasteiger partial charge on any atom is 0.169 e. The molecule has 0 aliphatic carbocycles. The molecule has 1 aromatic heterocycles. The zero-order valence-corrected chi connectivity index (χ0v) is 13.1. The maximum absolute atomic E-state index is 14.3. The van der Waals surface area contributed by atoms with Crippen LogP contribution in [0.4, 0.5) is 10.2 Å². The predicted octanol–water partition coefficient (Wildman–Crippen LogP) is 2.95. The summed E-state index contributed by atoms with van der Waals surface area (Å²) in [6, 6.07) is 1.82. The molecule has 0 saturated carbocycles. The van der Waals surface area contributed by atoms with Crippen LogP contribution in [-0.2, 0) is 11.3 Å². The first-order valence-corrected chi connectivity index (χ1v) is 6.97. The first-order valence-electron chi connectivity index (χ1n) is 6.97. The summed E-state index contributed by atoms with van der Waals surface area (Å²) >= 11 is 0. The van der Waals surface area contributed by atoms with Gasteiger partial charge in [-0.3, -0.25) is 0 Å². The third-order valence-electron chi connectivity index (χ3n) is 2.92. The Kier molecular flexibility index (Phi) is 6.36. The van der Waals surface area contributed by atoms with E-state index in [4.69, 9.17) is 4.74 Å². The lowest BCUT2D eigenvalue weighted by Crippen LogP contribution is -2.35. The summed E-state index contributed by atoms with van der Waals surface area (Å²) in [7, 11) is 1.66. The van der Waals surface area contributed by atoms with Crippen LogP contribution in [0.5, 0.6) is 0 Å². The number of hydrogen-bond acceptors (Lipinski definition) is 4. The van der Waals surface area contributed by atoms with E-state index in [2.05, 4.69) is 36.4 Å². The average molecular weight is 283 g/mol. The van der Waals surface area contributed by atoms with E-state index in [1.54, 1.807) is 19.4 Å². The molecule has 0 aromatic carbocycles. The van der Waals surface area contributed by atoms with Crippen LogP contribution >= 0.6 is 0 Å². The minimum absolute atomic E-state index is 0.0466. The molecule has 1 atom stereocenters. The monoisotopic (exact) mass is 283 g/mol. The van der Waals surface area contributed by atoms with Gasteiger partial charge in [-0.25, -0.2) is 9.37 Å². The van der Waals surface area contributed by atoms with Crippen LogP contribution in [0, 0.1) is 5.82 Å². The third-order valence-corrected chi connectivity index (χ3v) is 2.92. The van der Waals surface area contributed by atoms with E-state index in [0.29, 0.717) is 24.5 Å². The second-order valence-corrected chi connectivity index (χ2v) is 6.06. The summed E-state index contributed by atoms with van der Waals surface area (Å²) in [4.78, 5) is 4.08. The Morgan fingerprint density at radius 3 is 2.70 bits per heavy atom. The first kappa shape index (κ1) is 16.9. The molecule has 0 fully saturated rings. The minimum Gasteiger partial charge on any atom is -0.385 e. The van der Waals surface area contributed by atoms with Gasteiger partial charge in [0.25, 0.3) is 0 Å². The fourth-order valence-electron chi connectivity index (χ4n) is 1.68. The molecule has 5 heteroatoms. The molecular weight excluding hydrogens is 257 g/mol. The largest absolute Gasteiger partial charge is 0.385 e. The summed E-state index contributed by atoms with van der Waals surface area (Å²) in [5, 5.41) is 6.37. The summed E-state index contributed by atoms with van der Waals surface area (Å²) in [5.41, 5.74) is 0.575. The van der Waals surface area contributed by atoms with E-state index in [1.807, 2.05) is 6.92 Å². The van der Waals surface area contributed by atoms with Crippen LogP contribution in [0.2, 0.25) is 0 Å². The number of aromatic nitrogens is 1. The number of ether oxygens (including phenoxy) is 1. The number of pyridine rings is 1. The molecule has 114 valence electrons. The van der Waals surface area contributed by atoms with E-state index in [1.165, 1.54) is 0 Å². The van der Waals surface area contributed by atoms with E-state index in [-0.39, 0.29) is 17.4 Å². The Labute approximate surface area is 121 Å². The number of methoxy groups -OCH3 is 1. The molecule has 2 N–H and O–H groups in total. The summed E-state index contributed by atoms with van der Waals surface area (Å²) < 4.78 is 19.4. The fourth-order valence-corrected chi connectivity index (χ4v) is 1.68. The van der Waals surface area contributed by atoms with Crippen molar-refractivity contribution in [1.29, 1.82) is 0 Å². The number of nitrogens with one attached hydrogen (secondary N) is 2. The zero-order chi connectivity index (χ0) is 15.2. The van der Waals surface area contributed by atoms with Crippen LogP contribution in [0.1, 0.15) is 39.7 Å². The van der Waals surface area contributed by atoms with Crippen molar-refractivity contribution in [3.63, 3.8) is 0 Å². The normalized spacial score (nSPS) is 13.3. The highest BCUT2D eigenvalue weighted by Crippen LogP contribution is 2.17. The molecule has 1 heterocycles. The van der Waals surface area contributed by atoms with E-state index < -0.39 is 0 Å². The molecule has 0 radical (unpaired) electrons. The van der Waals surface area contributed by atoms with E-state index >= 15 is 0 Å². The lowest BCUT2D eigenvalue weighted by molar-refractivity contribution is 0.191. The standard InChI is InChI=1S/C15H26FN3O/c1-11(7-9-20-5)19-14-13(16)12(6-8-17-14)10-18-15(2,3)4/h6,8,11,18H,7,9-10H2,1-5H3,(H,17,19). The van der Waals surface area contributed by atoms with Crippen molar-refractivity contribution < 1.29 is 9.13 Å². The maximum atomic E-state index is 14.3. The summed E-state index contributed by atoms with van der Waals surface area (Å²) in [6.07, 6.45) is 2.44. The Morgan fingerprint density at radius 2 is 2.10 bits per heavy atom. The Bertz CT molecular complexity index is 418. The van der Waals surface area contributed by atoms with Gasteiger partial charge in [0.15, 0.2) is 11.6 Å². The molecule has 20 heavy (non-hydrogen) atoms. The third kappa shape index (κ3) is 5.84. The zero-order valence-electron chi connectivity index (χ0n) is 13.1. The minimum atomic E-state index is -0.284. The average Bonchev–Trinajstić information content (AvgIpc) is 2.36. The van der Waals surface area contributed by atoms with Gasteiger partial charge in [-0.2, -0.15) is 0 Å². The van der Waals surface area contributed by atoms with Gasteiger partial charge in [-0.1, -0.05) is 0 Å². The topological polar surface area (TPSA) is 46.2 Å². The lowest BCUT2D eigenvalue weighted by atomic mass is 10.1. The number of hydrogen-bond donors (Lipinski definition) is 2. The van der Waals surface area contributed by atoms with Gasteiger partial charge in [-0.05, 0) is 40.2 Å². The lowest BCUT2D eigenvalue weighted by Gasteiger charge is -2.21. The van der Waals surface area contributed by atoms with Gasteiger partial charge in [-0.15, -0.1) is 0 Å². The Morgan fingerprint density at radius 1 is 1.40 bits per heavy atom. The molecule has 0 aliphatic heterocycles. The SMILES string of the molecule is COCCC(C)Nc1nccc(CNC(C)(C)C)c1F. The van der Waals surface area contributed by atoms with Crippen molar-refractivity contribution in [1.82, 2.24) is 10.3 Å². The van der Waals surface area contributed by atoms with Crippen LogP contribution in [-0.4, -0.2) is 30.3 Å². The first-order chi connectivity index (χ1) is 9.33. The number of nitrogens with zero attached hydrogens (tertiary/aromatic N) is 1. The van der Waals surface area contributed by atoms with Gasteiger partial charge < -0.3 is 15.4 Å². The van der Waals surface area contributed by atoms with E-state index in [0.717, 1.165) is 6.42 Å². The molecule has 1 aromatic rings. The van der Waals surface area contributed by atoms with Gasteiger partial charge in [0, 0.05) is 43.6 Å². The smallest absolute Gasteiger partial charge is 0.169 e. The van der Waals surface area contributed by atoms with Gasteiger partial charge in [0.1, 0.15) is 0 Å². The molecule has 0 saturated heterocycles. The second-order valence-electron chi connectivity index (χ2n) is 6.06. The van der Waals surface area contributed by atoms with E-state index in [9.17, 15) is 4.39 Å². The second kappa shape index (κ2) is 7.55. The highest BCUT2D eigenvalue weighted by Gasteiger charge is 2.14. The number of anilines is 1. The Hall–Kier alpha value is -1.20. The highest BCUT2D eigenvalue weighted by atomic mass is 19.1. The van der Waals surface area contributed by atoms with Crippen molar-refractivity contribution >= 4 is 5.82 Å². The summed E-state index contributed by atoms with van der Waals surface area (Å²) in [5.74, 6) is 0.0235. The number of rotatable bonds is 7. The predicted molar refractivity (Wildman–Crippen MR) is 80.4 cm³/mol. The fraction of sp³-hybridized carbons (Fsp3) is 0.667. The van der Waals surface area contributed by atoms with Gasteiger partial charge in [0.05, 0.1) is 0 Å². The van der Waals surface area contributed by atoms with Crippen molar-refractivity contribution in [2.24, 2.45) is 0 Å². The molecule has 1 unspecified atom stereocenters. The molecular formula is C15H26FN3O. The Balaban J connectivity index is 2.69. The highest BCUT2D eigenvalue weighted by molar-refractivity contribution is 5.40. The van der Waals surface area contributed by atoms with Gasteiger partial charge >= 0.3 is 0 Å². The molecule has 0 amide bonds. The van der Waals surface area contributed by atoms with Crippen molar-refractivity contribution in [2.75, 3.05) is 19.0 Å². The van der Waals surface area contributed by atoms with Crippen LogP contribution in [0.3, 0.4) is 0 Å². The van der Waals surface area contributed by atoms with Crippen LogP contribution < -0.4 is 10.6 Å². The molecule has 1 rings (SSSR count). The van der Waals surface area contributed by atoms with Crippen molar-refractivity contribution in [3.05, 3.63) is 23.6 Å². The molecule has 0 bridgehead atoms. The number of halogens is 1. The quantitative estimate of drug-likeness (QED) is 0.807. The van der Waals surface area contributed by atoms with Crippen LogP contribution in [0.15, 0.2) is 12.3 Å². The molecule has 0 aliphatic rings.